The second-order valence-corrected chi connectivity index (χ2v) is 4.42. The summed E-state index contributed by atoms with van der Waals surface area (Å²) in [4.78, 5) is 26.1. The first-order valence-electron chi connectivity index (χ1n) is 4.89. The third-order valence-corrected chi connectivity index (χ3v) is 1.42. The van der Waals surface area contributed by atoms with Gasteiger partial charge in [0, 0.05) is 6.42 Å². The van der Waals surface area contributed by atoms with Gasteiger partial charge in [0.1, 0.15) is 11.9 Å². The third kappa shape index (κ3) is 9.21. The molecule has 0 spiro atoms. The van der Waals surface area contributed by atoms with Gasteiger partial charge in [0.2, 0.25) is 0 Å². The van der Waals surface area contributed by atoms with Crippen molar-refractivity contribution in [2.45, 2.75) is 39.7 Å². The molecule has 0 radical (unpaired) electrons. The van der Waals surface area contributed by atoms with Crippen LogP contribution >= 0.6 is 0 Å². The SMILES string of the molecule is CC(CC=O)CONC(=O)OC(C)(C)C. The summed E-state index contributed by atoms with van der Waals surface area (Å²) in [6, 6.07) is 0. The highest BCUT2D eigenvalue weighted by Gasteiger charge is 2.16. The molecular formula is C10H19NO4. The first kappa shape index (κ1) is 13.9. The second kappa shape index (κ2) is 6.40. The Labute approximate surface area is 90.1 Å². The second-order valence-electron chi connectivity index (χ2n) is 4.42. The lowest BCUT2D eigenvalue weighted by molar-refractivity contribution is -0.109. The molecule has 5 nitrogen and oxygen atoms in total. The average Bonchev–Trinajstić information content (AvgIpc) is 2.00. The zero-order valence-corrected chi connectivity index (χ0v) is 9.70. The first-order chi connectivity index (χ1) is 6.85. The van der Waals surface area contributed by atoms with Crippen molar-refractivity contribution >= 4 is 12.4 Å². The highest BCUT2D eigenvalue weighted by molar-refractivity contribution is 5.66. The number of ether oxygens (including phenoxy) is 1. The molecule has 0 aromatic heterocycles. The van der Waals surface area contributed by atoms with Crippen LogP contribution in [-0.4, -0.2) is 24.6 Å². The molecule has 1 atom stereocenters. The fraction of sp³-hybridized carbons (Fsp3) is 0.800. The summed E-state index contributed by atoms with van der Waals surface area (Å²) in [6.45, 7) is 7.44. The lowest BCUT2D eigenvalue weighted by atomic mass is 10.1. The highest BCUT2D eigenvalue weighted by atomic mass is 16.7. The normalized spacial score (nSPS) is 13.1. The maximum atomic E-state index is 11.1. The Morgan fingerprint density at radius 3 is 2.53 bits per heavy atom. The monoisotopic (exact) mass is 217 g/mol. The van der Waals surface area contributed by atoms with Crippen LogP contribution in [-0.2, 0) is 14.4 Å². The van der Waals surface area contributed by atoms with Crippen LogP contribution in [0.1, 0.15) is 34.1 Å². The molecule has 1 N–H and O–H groups in total. The van der Waals surface area contributed by atoms with E-state index in [-0.39, 0.29) is 12.5 Å². The van der Waals surface area contributed by atoms with Gasteiger partial charge in [-0.2, -0.15) is 5.48 Å². The van der Waals surface area contributed by atoms with Gasteiger partial charge in [-0.1, -0.05) is 6.92 Å². The number of aldehydes is 1. The molecule has 88 valence electrons. The van der Waals surface area contributed by atoms with Crippen molar-refractivity contribution in [3.05, 3.63) is 0 Å². The third-order valence-electron chi connectivity index (χ3n) is 1.42. The van der Waals surface area contributed by atoms with Crippen LogP contribution < -0.4 is 5.48 Å². The molecule has 0 aromatic rings. The zero-order valence-electron chi connectivity index (χ0n) is 9.70. The van der Waals surface area contributed by atoms with E-state index in [1.54, 1.807) is 20.8 Å². The minimum Gasteiger partial charge on any atom is -0.442 e. The maximum absolute atomic E-state index is 11.1. The van der Waals surface area contributed by atoms with Crippen molar-refractivity contribution in [1.82, 2.24) is 5.48 Å². The van der Waals surface area contributed by atoms with E-state index in [9.17, 15) is 9.59 Å². The number of rotatable bonds is 5. The van der Waals surface area contributed by atoms with Gasteiger partial charge in [0.15, 0.2) is 0 Å². The molecule has 0 fully saturated rings. The Balaban J connectivity index is 3.59. The quantitative estimate of drug-likeness (QED) is 0.562. The minimum absolute atomic E-state index is 0.0810. The van der Waals surface area contributed by atoms with Crippen molar-refractivity contribution in [3.63, 3.8) is 0 Å². The van der Waals surface area contributed by atoms with E-state index in [1.165, 1.54) is 0 Å². The molecule has 1 amide bonds. The number of carbonyl (C=O) groups is 2. The van der Waals surface area contributed by atoms with E-state index in [0.29, 0.717) is 6.42 Å². The van der Waals surface area contributed by atoms with Gasteiger partial charge in [-0.15, -0.1) is 0 Å². The topological polar surface area (TPSA) is 64.6 Å². The maximum Gasteiger partial charge on any atom is 0.431 e. The summed E-state index contributed by atoms with van der Waals surface area (Å²) in [5.41, 5.74) is 1.61. The van der Waals surface area contributed by atoms with E-state index in [4.69, 9.17) is 9.57 Å². The van der Waals surface area contributed by atoms with Crippen molar-refractivity contribution in [1.29, 1.82) is 0 Å². The van der Waals surface area contributed by atoms with Crippen LogP contribution in [0.15, 0.2) is 0 Å². The largest absolute Gasteiger partial charge is 0.442 e. The average molecular weight is 217 g/mol. The number of amides is 1. The smallest absolute Gasteiger partial charge is 0.431 e. The number of hydrogen-bond donors (Lipinski definition) is 1. The molecule has 0 aliphatic heterocycles. The zero-order chi connectivity index (χ0) is 11.9. The standard InChI is InChI=1S/C10H19NO4/c1-8(5-6-12)7-14-11-9(13)15-10(2,3)4/h6,8H,5,7H2,1-4H3,(H,11,13). The molecule has 0 aliphatic rings. The van der Waals surface area contributed by atoms with Crippen LogP contribution in [0.2, 0.25) is 0 Å². The van der Waals surface area contributed by atoms with Gasteiger partial charge < -0.3 is 9.53 Å². The molecular weight excluding hydrogens is 198 g/mol. The number of hydroxylamine groups is 1. The van der Waals surface area contributed by atoms with Gasteiger partial charge in [-0.25, -0.2) is 4.79 Å². The predicted molar refractivity (Wildman–Crippen MR) is 55.2 cm³/mol. The molecule has 5 heteroatoms. The number of carbonyl (C=O) groups excluding carboxylic acids is 2. The molecule has 0 saturated carbocycles. The summed E-state index contributed by atoms with van der Waals surface area (Å²) < 4.78 is 4.93. The number of nitrogens with one attached hydrogen (secondary N) is 1. The van der Waals surface area contributed by atoms with E-state index >= 15 is 0 Å². The first-order valence-corrected chi connectivity index (χ1v) is 4.89. The lowest BCUT2D eigenvalue weighted by Crippen LogP contribution is -2.33. The lowest BCUT2D eigenvalue weighted by Gasteiger charge is -2.19. The van der Waals surface area contributed by atoms with Gasteiger partial charge >= 0.3 is 6.09 Å². The molecule has 15 heavy (non-hydrogen) atoms. The Hall–Kier alpha value is -1.10. The summed E-state index contributed by atoms with van der Waals surface area (Å²) >= 11 is 0. The Morgan fingerprint density at radius 1 is 1.47 bits per heavy atom. The van der Waals surface area contributed by atoms with Crippen molar-refractivity contribution < 1.29 is 19.2 Å². The Kier molecular flexibility index (Phi) is 5.93. The molecule has 0 rings (SSSR count). The van der Waals surface area contributed by atoms with Crippen molar-refractivity contribution in [2.24, 2.45) is 5.92 Å². The van der Waals surface area contributed by atoms with E-state index < -0.39 is 11.7 Å². The van der Waals surface area contributed by atoms with Crippen LogP contribution in [0.3, 0.4) is 0 Å². The molecule has 0 bridgehead atoms. The molecule has 0 aromatic carbocycles. The summed E-state index contributed by atoms with van der Waals surface area (Å²) in [7, 11) is 0. The molecule has 0 saturated heterocycles. The molecule has 1 unspecified atom stereocenters. The van der Waals surface area contributed by atoms with E-state index in [0.717, 1.165) is 6.29 Å². The van der Waals surface area contributed by atoms with E-state index in [2.05, 4.69) is 5.48 Å². The van der Waals surface area contributed by atoms with Crippen LogP contribution in [0.5, 0.6) is 0 Å². The fourth-order valence-electron chi connectivity index (χ4n) is 0.774. The predicted octanol–water partition coefficient (Wildman–Crippen LogP) is 1.67. The Bertz CT molecular complexity index is 210. The van der Waals surface area contributed by atoms with E-state index in [1.807, 2.05) is 6.92 Å². The summed E-state index contributed by atoms with van der Waals surface area (Å²) in [5.74, 6) is 0.0810. The van der Waals surface area contributed by atoms with Gasteiger partial charge in [-0.3, -0.25) is 4.84 Å². The van der Waals surface area contributed by atoms with Gasteiger partial charge in [0.05, 0.1) is 6.61 Å². The fourth-order valence-corrected chi connectivity index (χ4v) is 0.774. The van der Waals surface area contributed by atoms with Crippen LogP contribution in [0.4, 0.5) is 4.79 Å². The highest BCUT2D eigenvalue weighted by Crippen LogP contribution is 2.06. The molecule has 0 aliphatic carbocycles. The summed E-state index contributed by atoms with van der Waals surface area (Å²) in [5, 5.41) is 0. The van der Waals surface area contributed by atoms with Crippen LogP contribution in [0, 0.1) is 5.92 Å². The van der Waals surface area contributed by atoms with Gasteiger partial charge in [-0.05, 0) is 26.7 Å². The summed E-state index contributed by atoms with van der Waals surface area (Å²) in [6.07, 6.45) is 0.609. The molecule has 0 heterocycles. The Morgan fingerprint density at radius 2 is 2.07 bits per heavy atom. The van der Waals surface area contributed by atoms with Crippen molar-refractivity contribution in [3.8, 4) is 0 Å². The van der Waals surface area contributed by atoms with Gasteiger partial charge in [0.25, 0.3) is 0 Å². The van der Waals surface area contributed by atoms with Crippen molar-refractivity contribution in [2.75, 3.05) is 6.61 Å². The van der Waals surface area contributed by atoms with Crippen LogP contribution in [0.25, 0.3) is 0 Å². The minimum atomic E-state index is -0.624. The number of hydrogen-bond acceptors (Lipinski definition) is 4.